The molecule has 0 amide bonds. The fraction of sp³-hybridized carbons (Fsp3) is 0.941. The molecule has 5 atom stereocenters. The van der Waals surface area contributed by atoms with Crippen molar-refractivity contribution in [2.24, 2.45) is 11.8 Å². The average molecular weight is 1280 g/mol. The molecule has 0 heterocycles. The van der Waals surface area contributed by atoms with E-state index in [1.165, 1.54) is 148 Å². The highest BCUT2D eigenvalue weighted by Crippen LogP contribution is 2.45. The van der Waals surface area contributed by atoms with E-state index in [-0.39, 0.29) is 25.7 Å². The van der Waals surface area contributed by atoms with Crippen LogP contribution in [0.2, 0.25) is 0 Å². The number of rotatable bonds is 67. The Kier molecular flexibility index (Phi) is 59.0. The Morgan fingerprint density at radius 3 is 0.782 bits per heavy atom. The van der Waals surface area contributed by atoms with Gasteiger partial charge >= 0.3 is 39.5 Å². The topological polar surface area (TPSA) is 237 Å². The molecule has 0 saturated carbocycles. The Hall–Kier alpha value is -1.94. The molecular weight excluding hydrogens is 1150 g/mol. The third-order valence-corrected chi connectivity index (χ3v) is 17.6. The first-order valence-electron chi connectivity index (χ1n) is 35.5. The van der Waals surface area contributed by atoms with Crippen LogP contribution in [0.25, 0.3) is 0 Å². The first-order chi connectivity index (χ1) is 41.9. The Morgan fingerprint density at radius 2 is 0.529 bits per heavy atom. The van der Waals surface area contributed by atoms with Gasteiger partial charge in [-0.3, -0.25) is 37.3 Å². The third kappa shape index (κ3) is 62.6. The van der Waals surface area contributed by atoms with Crippen LogP contribution in [0.15, 0.2) is 0 Å². The molecule has 0 aromatic heterocycles. The monoisotopic (exact) mass is 1280 g/mol. The van der Waals surface area contributed by atoms with Crippen molar-refractivity contribution in [3.05, 3.63) is 0 Å². The van der Waals surface area contributed by atoms with Crippen LogP contribution >= 0.6 is 15.6 Å². The second-order valence-electron chi connectivity index (χ2n) is 25.5. The number of phosphoric acid groups is 2. The summed E-state index contributed by atoms with van der Waals surface area (Å²) in [6.07, 6.45) is 44.6. The van der Waals surface area contributed by atoms with E-state index in [1.807, 2.05) is 0 Å². The van der Waals surface area contributed by atoms with Crippen LogP contribution in [0.1, 0.15) is 343 Å². The van der Waals surface area contributed by atoms with E-state index in [1.54, 1.807) is 0 Å². The van der Waals surface area contributed by atoms with Crippen LogP contribution in [-0.2, 0) is 65.4 Å². The zero-order valence-electron chi connectivity index (χ0n) is 56.3. The van der Waals surface area contributed by atoms with Crippen LogP contribution in [0, 0.1) is 11.8 Å². The summed E-state index contributed by atoms with van der Waals surface area (Å²) in [6.45, 7) is 9.45. The summed E-state index contributed by atoms with van der Waals surface area (Å²) in [5.41, 5.74) is 0. The van der Waals surface area contributed by atoms with E-state index in [0.717, 1.165) is 115 Å². The number of hydrogen-bond acceptors (Lipinski definition) is 15. The molecule has 0 bridgehead atoms. The van der Waals surface area contributed by atoms with Gasteiger partial charge < -0.3 is 33.8 Å². The van der Waals surface area contributed by atoms with Gasteiger partial charge in [-0.25, -0.2) is 9.13 Å². The van der Waals surface area contributed by atoms with E-state index < -0.39 is 97.5 Å². The lowest BCUT2D eigenvalue weighted by Crippen LogP contribution is -2.30. The molecule has 0 fully saturated rings. The summed E-state index contributed by atoms with van der Waals surface area (Å²) in [7, 11) is -9.89. The normalized spacial score (nSPS) is 14.2. The van der Waals surface area contributed by atoms with Gasteiger partial charge in [0.25, 0.3) is 0 Å². The number of ether oxygens (including phenoxy) is 4. The van der Waals surface area contributed by atoms with Crippen LogP contribution < -0.4 is 0 Å². The van der Waals surface area contributed by atoms with Gasteiger partial charge in [-0.05, 0) is 37.5 Å². The molecule has 87 heavy (non-hydrogen) atoms. The highest BCUT2D eigenvalue weighted by molar-refractivity contribution is 7.47. The maximum atomic E-state index is 13.0. The van der Waals surface area contributed by atoms with Gasteiger partial charge in [0.15, 0.2) is 12.2 Å². The number of phosphoric ester groups is 2. The van der Waals surface area contributed by atoms with Crippen molar-refractivity contribution in [3.8, 4) is 0 Å². The van der Waals surface area contributed by atoms with Crippen molar-refractivity contribution in [2.75, 3.05) is 39.6 Å². The SMILES string of the molecule is CCCCCCCCCCCCCCCCCCC(=O)O[C@H](COC(=O)CCCCCCCCCCCC(C)C)COP(=O)(O)OC[C@@H](O)COP(=O)(O)OC[C@@H](COC(=O)CCCCCCCCC)OC(=O)CCCCCCCCCCCC(C)C. The van der Waals surface area contributed by atoms with E-state index in [9.17, 15) is 43.2 Å². The smallest absolute Gasteiger partial charge is 0.462 e. The standard InChI is InChI=1S/C68H132O17P2/c1-7-9-11-13-15-16-17-18-19-20-21-22-27-34-40-46-52-67(72)85-64(57-79-66(71)51-45-39-33-28-23-25-31-36-42-48-60(3)4)59-83-87(76,77)81-55-62(69)54-80-86(74,75)82-58-63(56-78-65(70)50-44-38-30-14-12-10-8-2)84-68(73)53-47-41-35-29-24-26-32-37-43-49-61(5)6/h60-64,69H,7-59H2,1-6H3,(H,74,75)(H,76,77)/t62-,63+,64+/m0/s1. The van der Waals surface area contributed by atoms with Crippen LogP contribution in [-0.4, -0.2) is 96.7 Å². The molecule has 0 saturated heterocycles. The van der Waals surface area contributed by atoms with E-state index in [0.29, 0.717) is 25.7 Å². The van der Waals surface area contributed by atoms with Crippen molar-refractivity contribution in [1.82, 2.24) is 0 Å². The minimum atomic E-state index is -4.95. The van der Waals surface area contributed by atoms with Crippen LogP contribution in [0.4, 0.5) is 0 Å². The van der Waals surface area contributed by atoms with E-state index in [4.69, 9.17) is 37.0 Å². The summed E-state index contributed by atoms with van der Waals surface area (Å²) >= 11 is 0. The Labute approximate surface area is 530 Å². The fourth-order valence-electron chi connectivity index (χ4n) is 10.2. The van der Waals surface area contributed by atoms with Crippen LogP contribution in [0.5, 0.6) is 0 Å². The molecule has 0 aromatic carbocycles. The van der Waals surface area contributed by atoms with Crippen LogP contribution in [0.3, 0.4) is 0 Å². The average Bonchev–Trinajstić information content (AvgIpc) is 3.70. The van der Waals surface area contributed by atoms with Gasteiger partial charge in [0, 0.05) is 25.7 Å². The molecule has 0 spiro atoms. The zero-order valence-corrected chi connectivity index (χ0v) is 58.1. The Morgan fingerprint density at radius 1 is 0.310 bits per heavy atom. The summed E-state index contributed by atoms with van der Waals surface area (Å²) in [5.74, 6) is -0.651. The second kappa shape index (κ2) is 60.3. The van der Waals surface area contributed by atoms with Gasteiger partial charge in [0.05, 0.1) is 26.4 Å². The first kappa shape index (κ1) is 85.1. The number of unbranched alkanes of at least 4 members (excludes halogenated alkanes) is 37. The molecule has 0 rings (SSSR count). The largest absolute Gasteiger partial charge is 0.472 e. The molecule has 0 aromatic rings. The quantitative estimate of drug-likeness (QED) is 0.0222. The molecule has 17 nitrogen and oxygen atoms in total. The number of aliphatic hydroxyl groups excluding tert-OH is 1. The minimum Gasteiger partial charge on any atom is -0.462 e. The van der Waals surface area contributed by atoms with Gasteiger partial charge in [0.1, 0.15) is 19.3 Å². The van der Waals surface area contributed by atoms with Gasteiger partial charge in [0.2, 0.25) is 0 Å². The lowest BCUT2D eigenvalue weighted by atomic mass is 10.0. The molecule has 516 valence electrons. The zero-order chi connectivity index (χ0) is 64.3. The Bertz CT molecular complexity index is 1700. The predicted octanol–water partition coefficient (Wildman–Crippen LogP) is 19.2. The molecule has 0 aliphatic rings. The van der Waals surface area contributed by atoms with E-state index in [2.05, 4.69) is 41.5 Å². The molecule has 3 N–H and O–H groups in total. The second-order valence-corrected chi connectivity index (χ2v) is 28.4. The number of hydrogen-bond donors (Lipinski definition) is 3. The predicted molar refractivity (Wildman–Crippen MR) is 349 cm³/mol. The molecule has 19 heteroatoms. The van der Waals surface area contributed by atoms with Crippen molar-refractivity contribution >= 4 is 39.5 Å². The minimum absolute atomic E-state index is 0.105. The van der Waals surface area contributed by atoms with Crippen molar-refractivity contribution in [2.45, 2.75) is 362 Å². The first-order valence-corrected chi connectivity index (χ1v) is 38.5. The molecule has 0 aliphatic carbocycles. The summed E-state index contributed by atoms with van der Waals surface area (Å²) in [5, 5.41) is 10.6. The molecular formula is C68H132O17P2. The number of carbonyl (C=O) groups is 4. The Balaban J connectivity index is 5.21. The summed E-state index contributed by atoms with van der Waals surface area (Å²) < 4.78 is 68.1. The van der Waals surface area contributed by atoms with E-state index >= 15 is 0 Å². The lowest BCUT2D eigenvalue weighted by molar-refractivity contribution is -0.161. The van der Waals surface area contributed by atoms with Gasteiger partial charge in [-0.15, -0.1) is 0 Å². The van der Waals surface area contributed by atoms with Crippen molar-refractivity contribution in [1.29, 1.82) is 0 Å². The number of esters is 4. The number of aliphatic hydroxyl groups is 1. The summed E-state index contributed by atoms with van der Waals surface area (Å²) in [4.78, 5) is 72.3. The highest BCUT2D eigenvalue weighted by Gasteiger charge is 2.30. The van der Waals surface area contributed by atoms with Crippen molar-refractivity contribution < 1.29 is 80.2 Å². The highest BCUT2D eigenvalue weighted by atomic mass is 31.2. The number of carbonyl (C=O) groups excluding carboxylic acids is 4. The lowest BCUT2D eigenvalue weighted by Gasteiger charge is -2.21. The van der Waals surface area contributed by atoms with Crippen molar-refractivity contribution in [3.63, 3.8) is 0 Å². The third-order valence-electron chi connectivity index (χ3n) is 15.7. The maximum absolute atomic E-state index is 13.0. The molecule has 0 radical (unpaired) electrons. The summed E-state index contributed by atoms with van der Waals surface area (Å²) in [6, 6.07) is 0. The fourth-order valence-corrected chi connectivity index (χ4v) is 11.8. The maximum Gasteiger partial charge on any atom is 0.472 e. The molecule has 0 aliphatic heterocycles. The van der Waals surface area contributed by atoms with Gasteiger partial charge in [-0.2, -0.15) is 0 Å². The van der Waals surface area contributed by atoms with Gasteiger partial charge in [-0.1, -0.05) is 292 Å². The molecule has 2 unspecified atom stereocenters.